The topological polar surface area (TPSA) is 78.3 Å². The Morgan fingerprint density at radius 3 is 2.88 bits per heavy atom. The van der Waals surface area contributed by atoms with Crippen molar-refractivity contribution in [3.05, 3.63) is 11.8 Å². The summed E-state index contributed by atoms with van der Waals surface area (Å²) >= 11 is 1.41. The van der Waals surface area contributed by atoms with Crippen LogP contribution in [0.25, 0.3) is 0 Å². The molecule has 1 heterocycles. The Kier molecular flexibility index (Phi) is 5.51. The van der Waals surface area contributed by atoms with Crippen molar-refractivity contribution in [2.24, 2.45) is 0 Å². The molecule has 0 saturated heterocycles. The van der Waals surface area contributed by atoms with Crippen molar-refractivity contribution in [2.45, 2.75) is 25.0 Å². The predicted molar refractivity (Wildman–Crippen MR) is 64.7 cm³/mol. The Balaban J connectivity index is 2.64. The molecule has 1 rings (SSSR count). The highest BCUT2D eigenvalue weighted by Crippen LogP contribution is 2.18. The number of hydrogen-bond acceptors (Lipinski definition) is 6. The Hall–Kier alpha value is -0.850. The van der Waals surface area contributed by atoms with Crippen LogP contribution in [-0.2, 0) is 0 Å². The first-order chi connectivity index (χ1) is 7.65. The summed E-state index contributed by atoms with van der Waals surface area (Å²) in [7, 11) is 0. The van der Waals surface area contributed by atoms with Gasteiger partial charge in [0.2, 0.25) is 5.95 Å². The second-order valence-electron chi connectivity index (χ2n) is 3.35. The molecule has 0 aliphatic carbocycles. The molecule has 1 unspecified atom stereocenters. The molecule has 5 nitrogen and oxygen atoms in total. The molecule has 0 saturated carbocycles. The van der Waals surface area contributed by atoms with Crippen LogP contribution in [0.4, 0.5) is 5.95 Å². The SMILES string of the molecule is CCNc1nc(C)cc(SCC(O)CO)n1. The lowest BCUT2D eigenvalue weighted by Gasteiger charge is -2.08. The molecule has 1 aromatic rings. The molecule has 0 amide bonds. The quantitative estimate of drug-likeness (QED) is 0.503. The highest BCUT2D eigenvalue weighted by atomic mass is 32.2. The standard InChI is InChI=1S/C10H17N3O2S/c1-3-11-10-12-7(2)4-9(13-10)16-6-8(15)5-14/h4,8,14-15H,3,5-6H2,1-2H3,(H,11,12,13). The van der Waals surface area contributed by atoms with Crippen LogP contribution in [0.2, 0.25) is 0 Å². The summed E-state index contributed by atoms with van der Waals surface area (Å²) in [5.74, 6) is 1.03. The third-order valence-corrected chi connectivity index (χ3v) is 2.86. The number of hydrogen-bond donors (Lipinski definition) is 3. The molecule has 0 aliphatic rings. The van der Waals surface area contributed by atoms with Crippen LogP contribution >= 0.6 is 11.8 Å². The first kappa shape index (κ1) is 13.2. The number of nitrogens with one attached hydrogen (secondary N) is 1. The Morgan fingerprint density at radius 1 is 1.50 bits per heavy atom. The van der Waals surface area contributed by atoms with Crippen molar-refractivity contribution in [1.29, 1.82) is 0 Å². The normalized spacial score (nSPS) is 12.5. The van der Waals surface area contributed by atoms with Crippen LogP contribution in [0.3, 0.4) is 0 Å². The predicted octanol–water partition coefficient (Wildman–Crippen LogP) is 0.662. The molecule has 1 aromatic heterocycles. The molecule has 16 heavy (non-hydrogen) atoms. The summed E-state index contributed by atoms with van der Waals surface area (Å²) in [5, 5.41) is 21.8. The first-order valence-electron chi connectivity index (χ1n) is 5.17. The van der Waals surface area contributed by atoms with E-state index >= 15 is 0 Å². The van der Waals surface area contributed by atoms with Gasteiger partial charge in [0, 0.05) is 18.0 Å². The average molecular weight is 243 g/mol. The van der Waals surface area contributed by atoms with Gasteiger partial charge < -0.3 is 15.5 Å². The van der Waals surface area contributed by atoms with Crippen LogP contribution in [0, 0.1) is 6.92 Å². The number of rotatable bonds is 6. The third kappa shape index (κ3) is 4.34. The van der Waals surface area contributed by atoms with Gasteiger partial charge in [0.25, 0.3) is 0 Å². The van der Waals surface area contributed by atoms with E-state index in [0.29, 0.717) is 11.7 Å². The van der Waals surface area contributed by atoms with Gasteiger partial charge in [-0.15, -0.1) is 11.8 Å². The molecule has 0 fully saturated rings. The summed E-state index contributed by atoms with van der Waals surface area (Å²) in [5.41, 5.74) is 0.881. The van der Waals surface area contributed by atoms with E-state index in [1.165, 1.54) is 11.8 Å². The van der Waals surface area contributed by atoms with Crippen LogP contribution in [0.5, 0.6) is 0 Å². The van der Waals surface area contributed by atoms with Crippen LogP contribution in [-0.4, -0.2) is 45.2 Å². The molecule has 6 heteroatoms. The minimum Gasteiger partial charge on any atom is -0.394 e. The van der Waals surface area contributed by atoms with Gasteiger partial charge in [-0.25, -0.2) is 9.97 Å². The van der Waals surface area contributed by atoms with Gasteiger partial charge in [0.1, 0.15) is 5.03 Å². The van der Waals surface area contributed by atoms with Gasteiger partial charge >= 0.3 is 0 Å². The van der Waals surface area contributed by atoms with E-state index in [1.54, 1.807) is 0 Å². The maximum atomic E-state index is 9.23. The molecule has 0 bridgehead atoms. The molecule has 0 aromatic carbocycles. The molecular weight excluding hydrogens is 226 g/mol. The van der Waals surface area contributed by atoms with Crippen LogP contribution < -0.4 is 5.32 Å². The van der Waals surface area contributed by atoms with E-state index in [2.05, 4.69) is 15.3 Å². The number of nitrogens with zero attached hydrogens (tertiary/aromatic N) is 2. The smallest absolute Gasteiger partial charge is 0.223 e. The zero-order valence-electron chi connectivity index (χ0n) is 9.47. The number of aliphatic hydroxyl groups is 2. The summed E-state index contributed by atoms with van der Waals surface area (Å²) in [6, 6.07) is 1.86. The minimum absolute atomic E-state index is 0.225. The van der Waals surface area contributed by atoms with Gasteiger partial charge in [-0.1, -0.05) is 0 Å². The largest absolute Gasteiger partial charge is 0.394 e. The van der Waals surface area contributed by atoms with Crippen molar-refractivity contribution >= 4 is 17.7 Å². The number of aromatic nitrogens is 2. The van der Waals surface area contributed by atoms with E-state index in [0.717, 1.165) is 17.3 Å². The number of thioether (sulfide) groups is 1. The number of aryl methyl sites for hydroxylation is 1. The average Bonchev–Trinajstić information content (AvgIpc) is 2.25. The maximum Gasteiger partial charge on any atom is 0.223 e. The number of aliphatic hydroxyl groups excluding tert-OH is 2. The summed E-state index contributed by atoms with van der Waals surface area (Å²) in [6.45, 7) is 4.42. The van der Waals surface area contributed by atoms with Gasteiger partial charge in [0.15, 0.2) is 0 Å². The van der Waals surface area contributed by atoms with Crippen LogP contribution in [0.1, 0.15) is 12.6 Å². The zero-order chi connectivity index (χ0) is 12.0. The lowest BCUT2D eigenvalue weighted by molar-refractivity contribution is 0.113. The van der Waals surface area contributed by atoms with Crippen molar-refractivity contribution in [2.75, 3.05) is 24.2 Å². The molecular formula is C10H17N3O2S. The maximum absolute atomic E-state index is 9.23. The summed E-state index contributed by atoms with van der Waals surface area (Å²) < 4.78 is 0. The summed E-state index contributed by atoms with van der Waals surface area (Å²) in [4.78, 5) is 8.50. The first-order valence-corrected chi connectivity index (χ1v) is 6.15. The van der Waals surface area contributed by atoms with Crippen molar-refractivity contribution in [1.82, 2.24) is 9.97 Å². The Morgan fingerprint density at radius 2 is 2.25 bits per heavy atom. The van der Waals surface area contributed by atoms with Gasteiger partial charge in [-0.05, 0) is 19.9 Å². The Labute approximate surface area is 99.3 Å². The van der Waals surface area contributed by atoms with E-state index < -0.39 is 6.10 Å². The van der Waals surface area contributed by atoms with Gasteiger partial charge in [-0.3, -0.25) is 0 Å². The molecule has 1 atom stereocenters. The molecule has 3 N–H and O–H groups in total. The zero-order valence-corrected chi connectivity index (χ0v) is 10.3. The Bertz CT molecular complexity index is 336. The third-order valence-electron chi connectivity index (χ3n) is 1.80. The van der Waals surface area contributed by atoms with E-state index in [4.69, 9.17) is 5.11 Å². The highest BCUT2D eigenvalue weighted by Gasteiger charge is 2.06. The fraction of sp³-hybridized carbons (Fsp3) is 0.600. The van der Waals surface area contributed by atoms with Crippen molar-refractivity contribution in [3.8, 4) is 0 Å². The second kappa shape index (κ2) is 6.67. The molecule has 0 aliphatic heterocycles. The summed E-state index contributed by atoms with van der Waals surface area (Å²) in [6.07, 6.45) is -0.706. The van der Waals surface area contributed by atoms with E-state index in [1.807, 2.05) is 19.9 Å². The lowest BCUT2D eigenvalue weighted by Crippen LogP contribution is -2.14. The van der Waals surface area contributed by atoms with Gasteiger partial charge in [-0.2, -0.15) is 0 Å². The molecule has 0 spiro atoms. The van der Waals surface area contributed by atoms with Crippen LogP contribution in [0.15, 0.2) is 11.1 Å². The van der Waals surface area contributed by atoms with Crippen molar-refractivity contribution in [3.63, 3.8) is 0 Å². The van der Waals surface area contributed by atoms with E-state index in [-0.39, 0.29) is 6.61 Å². The lowest BCUT2D eigenvalue weighted by atomic mass is 10.4. The fourth-order valence-corrected chi connectivity index (χ4v) is 1.96. The number of anilines is 1. The minimum atomic E-state index is -0.706. The molecule has 0 radical (unpaired) electrons. The van der Waals surface area contributed by atoms with E-state index in [9.17, 15) is 5.11 Å². The van der Waals surface area contributed by atoms with Gasteiger partial charge in [0.05, 0.1) is 12.7 Å². The second-order valence-corrected chi connectivity index (χ2v) is 4.39. The highest BCUT2D eigenvalue weighted by molar-refractivity contribution is 7.99. The fourth-order valence-electron chi connectivity index (χ4n) is 1.09. The molecule has 90 valence electrons. The monoisotopic (exact) mass is 243 g/mol. The van der Waals surface area contributed by atoms with Crippen molar-refractivity contribution < 1.29 is 10.2 Å².